The number of hydrogen-bond donors (Lipinski definition) is 3. The number of aromatic amines is 1. The fraction of sp³-hybridized carbons (Fsp3) is 0.214. The second-order valence-corrected chi connectivity index (χ2v) is 8.81. The fourth-order valence-corrected chi connectivity index (χ4v) is 3.85. The van der Waals surface area contributed by atoms with Gasteiger partial charge in [0, 0.05) is 49.2 Å². The largest absolute Gasteiger partial charge is 0.354 e. The predicted octanol–water partition coefficient (Wildman–Crippen LogP) is 4.47. The predicted molar refractivity (Wildman–Crippen MR) is 148 cm³/mol. The highest BCUT2D eigenvalue weighted by molar-refractivity contribution is 6.30. The molecule has 0 aliphatic carbocycles. The first-order chi connectivity index (χ1) is 18.2. The molecule has 4 aromatic rings. The number of rotatable bonds is 11. The molecule has 9 heteroatoms. The maximum Gasteiger partial charge on any atom is 0.257 e. The number of pyridine rings is 1. The molecule has 0 fully saturated rings. The molecule has 0 saturated heterocycles. The van der Waals surface area contributed by atoms with Gasteiger partial charge in [-0.1, -0.05) is 48.0 Å². The third kappa shape index (κ3) is 8.47. The molecule has 2 heterocycles. The summed E-state index contributed by atoms with van der Waals surface area (Å²) in [5.74, 6) is 1.11. The Balaban J connectivity index is 1.40. The molecule has 2 aromatic heterocycles. The Morgan fingerprint density at radius 1 is 1.00 bits per heavy atom. The van der Waals surface area contributed by atoms with E-state index in [-0.39, 0.29) is 5.91 Å². The number of carbonyl (C=O) groups excluding carboxylic acids is 1. The Morgan fingerprint density at radius 2 is 1.81 bits per heavy atom. The van der Waals surface area contributed by atoms with Crippen molar-refractivity contribution < 1.29 is 4.79 Å². The number of aromatic nitrogens is 3. The van der Waals surface area contributed by atoms with Crippen molar-refractivity contribution in [3.63, 3.8) is 0 Å². The summed E-state index contributed by atoms with van der Waals surface area (Å²) >= 11 is 6.06. The molecule has 0 radical (unpaired) electrons. The summed E-state index contributed by atoms with van der Waals surface area (Å²) in [4.78, 5) is 31.3. The lowest BCUT2D eigenvalue weighted by Crippen LogP contribution is -2.44. The van der Waals surface area contributed by atoms with Crippen LogP contribution in [0.15, 0.2) is 96.5 Å². The van der Waals surface area contributed by atoms with Crippen LogP contribution in [-0.4, -0.2) is 46.5 Å². The summed E-state index contributed by atoms with van der Waals surface area (Å²) in [6.45, 7) is 2.42. The average molecular weight is 516 g/mol. The minimum absolute atomic E-state index is 0.207. The number of hydrogen-bond acceptors (Lipinski definition) is 5. The summed E-state index contributed by atoms with van der Waals surface area (Å²) in [5, 5.41) is 6.95. The number of anilines is 1. The number of halogens is 1. The number of benzene rings is 2. The molecule has 0 saturated carbocycles. The number of guanidine groups is 1. The van der Waals surface area contributed by atoms with E-state index in [1.165, 1.54) is 0 Å². The smallest absolute Gasteiger partial charge is 0.257 e. The van der Waals surface area contributed by atoms with Gasteiger partial charge in [-0.05, 0) is 54.8 Å². The van der Waals surface area contributed by atoms with Gasteiger partial charge in [-0.3, -0.25) is 15.1 Å². The number of aryl methyl sites for hydroxylation is 1. The summed E-state index contributed by atoms with van der Waals surface area (Å²) in [5.41, 5.74) is 2.69. The molecule has 0 aliphatic rings. The van der Waals surface area contributed by atoms with Crippen LogP contribution in [0.5, 0.6) is 0 Å². The molecule has 0 bridgehead atoms. The molecule has 190 valence electrons. The van der Waals surface area contributed by atoms with Gasteiger partial charge in [0.15, 0.2) is 5.96 Å². The maximum atomic E-state index is 12.8. The Labute approximate surface area is 221 Å². The molecular weight excluding hydrogens is 486 g/mol. The molecular formula is C28H30ClN7O. The maximum absolute atomic E-state index is 12.8. The van der Waals surface area contributed by atoms with E-state index in [0.717, 1.165) is 29.9 Å². The van der Waals surface area contributed by atoms with E-state index in [4.69, 9.17) is 11.6 Å². The van der Waals surface area contributed by atoms with Crippen molar-refractivity contribution in [1.82, 2.24) is 25.6 Å². The lowest BCUT2D eigenvalue weighted by molar-refractivity contribution is 0.0975. The molecule has 0 unspecified atom stereocenters. The molecule has 0 atom stereocenters. The van der Waals surface area contributed by atoms with E-state index < -0.39 is 0 Å². The highest BCUT2D eigenvalue weighted by Gasteiger charge is 2.12. The van der Waals surface area contributed by atoms with E-state index >= 15 is 0 Å². The van der Waals surface area contributed by atoms with E-state index in [1.54, 1.807) is 24.7 Å². The molecule has 0 spiro atoms. The third-order valence-electron chi connectivity index (χ3n) is 5.62. The van der Waals surface area contributed by atoms with Crippen LogP contribution in [0.4, 0.5) is 5.82 Å². The van der Waals surface area contributed by atoms with E-state index in [2.05, 4.69) is 35.5 Å². The number of imidazole rings is 1. The zero-order valence-corrected chi connectivity index (χ0v) is 21.2. The molecule has 0 aliphatic heterocycles. The number of aliphatic imine (C=N–C) groups is 1. The lowest BCUT2D eigenvalue weighted by atomic mass is 10.2. The topological polar surface area (TPSA) is 98.3 Å². The van der Waals surface area contributed by atoms with E-state index in [1.807, 2.05) is 66.9 Å². The van der Waals surface area contributed by atoms with E-state index in [0.29, 0.717) is 42.7 Å². The second-order valence-electron chi connectivity index (χ2n) is 8.38. The third-order valence-corrected chi connectivity index (χ3v) is 5.87. The lowest BCUT2D eigenvalue weighted by Gasteiger charge is -2.24. The Morgan fingerprint density at radius 3 is 2.54 bits per heavy atom. The SMILES string of the molecule is O=C(NC(=NCCCc1c[nH]cn1)NCCN(Cc1ccc(Cl)cc1)c1ccccn1)c1ccccc1. The summed E-state index contributed by atoms with van der Waals surface area (Å²) < 4.78 is 0. The standard InChI is InChI=1S/C28H30ClN7O/c29-24-13-11-22(12-14-24)20-36(26-10-4-5-15-31-26)18-17-33-28(32-16-6-9-25-19-30-21-34-25)35-27(37)23-7-2-1-3-8-23/h1-5,7-8,10-15,19,21H,6,9,16-18,20H2,(H,30,34)(H2,32,33,35,37). The summed E-state index contributed by atoms with van der Waals surface area (Å²) in [6.07, 6.45) is 6.95. The van der Waals surface area contributed by atoms with Crippen LogP contribution in [-0.2, 0) is 13.0 Å². The number of nitrogens with one attached hydrogen (secondary N) is 3. The fourth-order valence-electron chi connectivity index (χ4n) is 3.72. The van der Waals surface area contributed by atoms with Crippen molar-refractivity contribution in [1.29, 1.82) is 0 Å². The Bertz CT molecular complexity index is 1250. The average Bonchev–Trinajstić information content (AvgIpc) is 3.46. The van der Waals surface area contributed by atoms with Gasteiger partial charge < -0.3 is 15.2 Å². The van der Waals surface area contributed by atoms with Crippen molar-refractivity contribution >= 4 is 29.3 Å². The molecule has 2 aromatic carbocycles. The molecule has 4 rings (SSSR count). The normalized spacial score (nSPS) is 11.2. The van der Waals surface area contributed by atoms with Crippen LogP contribution in [0.1, 0.15) is 28.0 Å². The monoisotopic (exact) mass is 515 g/mol. The molecule has 8 nitrogen and oxygen atoms in total. The summed E-state index contributed by atoms with van der Waals surface area (Å²) in [6, 6.07) is 22.8. The van der Waals surface area contributed by atoms with E-state index in [9.17, 15) is 4.79 Å². The number of nitrogens with zero attached hydrogens (tertiary/aromatic N) is 4. The van der Waals surface area contributed by atoms with Crippen LogP contribution in [0.25, 0.3) is 0 Å². The van der Waals surface area contributed by atoms with Gasteiger partial charge in [0.1, 0.15) is 5.82 Å². The van der Waals surface area contributed by atoms with Gasteiger partial charge in [0.2, 0.25) is 0 Å². The highest BCUT2D eigenvalue weighted by Crippen LogP contribution is 2.16. The van der Waals surface area contributed by atoms with Gasteiger partial charge in [-0.15, -0.1) is 0 Å². The molecule has 37 heavy (non-hydrogen) atoms. The molecule has 3 N–H and O–H groups in total. The van der Waals surface area contributed by atoms with Gasteiger partial charge in [0.25, 0.3) is 5.91 Å². The van der Waals surface area contributed by atoms with Crippen LogP contribution in [0.3, 0.4) is 0 Å². The first kappa shape index (κ1) is 25.9. The first-order valence-corrected chi connectivity index (χ1v) is 12.6. The minimum atomic E-state index is -0.207. The zero-order valence-electron chi connectivity index (χ0n) is 20.5. The van der Waals surface area contributed by atoms with Gasteiger partial charge in [0.05, 0.1) is 12.0 Å². The second kappa shape index (κ2) is 13.8. The van der Waals surface area contributed by atoms with Gasteiger partial charge >= 0.3 is 0 Å². The van der Waals surface area contributed by atoms with Crippen LogP contribution < -0.4 is 15.5 Å². The van der Waals surface area contributed by atoms with Crippen LogP contribution >= 0.6 is 11.6 Å². The minimum Gasteiger partial charge on any atom is -0.354 e. The van der Waals surface area contributed by atoms with Crippen molar-refractivity contribution in [2.75, 3.05) is 24.5 Å². The quantitative estimate of drug-likeness (QED) is 0.155. The van der Waals surface area contributed by atoms with Crippen molar-refractivity contribution in [2.24, 2.45) is 4.99 Å². The number of carbonyl (C=O) groups is 1. The number of amides is 1. The Kier molecular flexibility index (Phi) is 9.66. The molecule has 1 amide bonds. The van der Waals surface area contributed by atoms with Crippen LogP contribution in [0.2, 0.25) is 5.02 Å². The van der Waals surface area contributed by atoms with Crippen molar-refractivity contribution in [2.45, 2.75) is 19.4 Å². The van der Waals surface area contributed by atoms with Gasteiger partial charge in [-0.25, -0.2) is 9.97 Å². The first-order valence-electron chi connectivity index (χ1n) is 12.2. The van der Waals surface area contributed by atoms with Crippen molar-refractivity contribution in [3.05, 3.63) is 113 Å². The summed E-state index contributed by atoms with van der Waals surface area (Å²) in [7, 11) is 0. The van der Waals surface area contributed by atoms with Crippen LogP contribution in [0, 0.1) is 0 Å². The van der Waals surface area contributed by atoms with Gasteiger partial charge in [-0.2, -0.15) is 0 Å². The zero-order chi connectivity index (χ0) is 25.7. The highest BCUT2D eigenvalue weighted by atomic mass is 35.5. The van der Waals surface area contributed by atoms with Crippen molar-refractivity contribution in [3.8, 4) is 0 Å². The number of H-pyrrole nitrogens is 1. The Hall–Kier alpha value is -4.17.